The number of thioether (sulfide) groups is 1. The number of anilines is 1. The summed E-state index contributed by atoms with van der Waals surface area (Å²) < 4.78 is 0. The highest BCUT2D eigenvalue weighted by molar-refractivity contribution is 8.00. The topological polar surface area (TPSA) is 95.5 Å². The van der Waals surface area contributed by atoms with Gasteiger partial charge in [-0.2, -0.15) is 0 Å². The number of rotatable bonds is 4. The van der Waals surface area contributed by atoms with Gasteiger partial charge in [0.2, 0.25) is 11.8 Å². The van der Waals surface area contributed by atoms with Crippen molar-refractivity contribution < 1.29 is 19.5 Å². The lowest BCUT2D eigenvalue weighted by Crippen LogP contribution is -2.51. The molecule has 0 radical (unpaired) electrons. The minimum atomic E-state index is -1.07. The second-order valence-corrected chi connectivity index (χ2v) is 6.53. The fraction of sp³-hybridized carbons (Fsp3) is 0.357. The molecule has 0 aromatic heterocycles. The van der Waals surface area contributed by atoms with Gasteiger partial charge in [-0.05, 0) is 24.6 Å². The maximum absolute atomic E-state index is 12.0. The van der Waals surface area contributed by atoms with E-state index >= 15 is 0 Å². The van der Waals surface area contributed by atoms with E-state index in [1.807, 2.05) is 0 Å². The highest BCUT2D eigenvalue weighted by Crippen LogP contribution is 2.25. The lowest BCUT2D eigenvalue weighted by molar-refractivity contribution is -0.141. The third-order valence-electron chi connectivity index (χ3n) is 3.28. The average Bonchev–Trinajstić information content (AvgIpc) is 2.46. The standard InChI is InChI=1S/C14H15ClN2O4S/c1-7-8(15)3-2-4-9(7)16-12(18)5-11-13(19)17-10(6-22-11)14(20)21/h2-4,10-11H,5-6H2,1H3,(H,16,18)(H,17,19)(H,20,21)/t10-,11+/m1/s1. The van der Waals surface area contributed by atoms with Crippen LogP contribution in [-0.2, 0) is 14.4 Å². The number of nitrogens with one attached hydrogen (secondary N) is 2. The molecule has 22 heavy (non-hydrogen) atoms. The molecule has 0 aliphatic carbocycles. The molecule has 1 aliphatic rings. The van der Waals surface area contributed by atoms with Gasteiger partial charge < -0.3 is 15.7 Å². The van der Waals surface area contributed by atoms with E-state index in [4.69, 9.17) is 16.7 Å². The van der Waals surface area contributed by atoms with Crippen LogP contribution in [0.2, 0.25) is 5.02 Å². The van der Waals surface area contributed by atoms with E-state index in [1.165, 1.54) is 11.8 Å². The number of benzene rings is 1. The number of carboxylic acid groups (broad SMARTS) is 1. The maximum atomic E-state index is 12.0. The van der Waals surface area contributed by atoms with Crippen LogP contribution in [0.3, 0.4) is 0 Å². The zero-order valence-electron chi connectivity index (χ0n) is 11.8. The molecule has 8 heteroatoms. The predicted molar refractivity (Wildman–Crippen MR) is 85.2 cm³/mol. The Morgan fingerprint density at radius 2 is 2.23 bits per heavy atom. The van der Waals surface area contributed by atoms with Gasteiger partial charge in [-0.1, -0.05) is 17.7 Å². The van der Waals surface area contributed by atoms with E-state index in [-0.39, 0.29) is 18.1 Å². The van der Waals surface area contributed by atoms with Crippen LogP contribution in [-0.4, -0.2) is 39.9 Å². The molecule has 2 atom stereocenters. The maximum Gasteiger partial charge on any atom is 0.327 e. The molecule has 2 rings (SSSR count). The van der Waals surface area contributed by atoms with E-state index in [2.05, 4.69) is 10.6 Å². The van der Waals surface area contributed by atoms with Gasteiger partial charge in [-0.3, -0.25) is 9.59 Å². The van der Waals surface area contributed by atoms with E-state index < -0.39 is 23.2 Å². The molecular weight excluding hydrogens is 328 g/mol. The second-order valence-electron chi connectivity index (χ2n) is 4.89. The molecule has 6 nitrogen and oxygen atoms in total. The third kappa shape index (κ3) is 3.92. The number of hydrogen-bond donors (Lipinski definition) is 3. The van der Waals surface area contributed by atoms with Crippen LogP contribution in [0.1, 0.15) is 12.0 Å². The molecule has 1 aliphatic heterocycles. The molecule has 0 unspecified atom stereocenters. The van der Waals surface area contributed by atoms with Crippen LogP contribution < -0.4 is 10.6 Å². The van der Waals surface area contributed by atoms with Crippen LogP contribution in [0, 0.1) is 6.92 Å². The number of hydrogen-bond acceptors (Lipinski definition) is 4. The Morgan fingerprint density at radius 3 is 2.86 bits per heavy atom. The Hall–Kier alpha value is -1.73. The number of amides is 2. The summed E-state index contributed by atoms with van der Waals surface area (Å²) in [7, 11) is 0. The fourth-order valence-electron chi connectivity index (χ4n) is 1.99. The Bertz CT molecular complexity index is 623. The summed E-state index contributed by atoms with van der Waals surface area (Å²) in [5.41, 5.74) is 1.35. The summed E-state index contributed by atoms with van der Waals surface area (Å²) >= 11 is 7.16. The number of carbonyl (C=O) groups is 3. The van der Waals surface area contributed by atoms with Crippen molar-refractivity contribution in [2.24, 2.45) is 0 Å². The van der Waals surface area contributed by atoms with Crippen LogP contribution >= 0.6 is 23.4 Å². The second kappa shape index (κ2) is 7.02. The molecule has 1 aromatic rings. The van der Waals surface area contributed by atoms with E-state index in [0.29, 0.717) is 10.7 Å². The Labute approximate surface area is 136 Å². The predicted octanol–water partition coefficient (Wildman–Crippen LogP) is 1.66. The smallest absolute Gasteiger partial charge is 0.327 e. The molecule has 1 heterocycles. The van der Waals surface area contributed by atoms with Gasteiger partial charge in [-0.15, -0.1) is 11.8 Å². The Morgan fingerprint density at radius 1 is 1.50 bits per heavy atom. The molecule has 0 spiro atoms. The number of carbonyl (C=O) groups excluding carboxylic acids is 2. The normalized spacial score (nSPS) is 21.1. The molecule has 0 saturated carbocycles. The minimum absolute atomic E-state index is 0.0191. The number of aliphatic carboxylic acids is 1. The van der Waals surface area contributed by atoms with Crippen molar-refractivity contribution in [3.8, 4) is 0 Å². The first-order valence-electron chi connectivity index (χ1n) is 6.58. The first kappa shape index (κ1) is 16.6. The fourth-order valence-corrected chi connectivity index (χ4v) is 3.31. The van der Waals surface area contributed by atoms with Gasteiger partial charge in [0.05, 0.1) is 5.25 Å². The van der Waals surface area contributed by atoms with Gasteiger partial charge in [0.25, 0.3) is 0 Å². The van der Waals surface area contributed by atoms with Crippen molar-refractivity contribution in [3.63, 3.8) is 0 Å². The SMILES string of the molecule is Cc1c(Cl)cccc1NC(=O)C[C@@H]1SC[C@H](C(=O)O)NC1=O. The molecule has 3 N–H and O–H groups in total. The summed E-state index contributed by atoms with van der Waals surface area (Å²) in [5.74, 6) is -1.57. The zero-order chi connectivity index (χ0) is 16.3. The zero-order valence-corrected chi connectivity index (χ0v) is 13.3. The largest absolute Gasteiger partial charge is 0.480 e. The van der Waals surface area contributed by atoms with Crippen molar-refractivity contribution in [1.82, 2.24) is 5.32 Å². The molecule has 1 aromatic carbocycles. The van der Waals surface area contributed by atoms with Gasteiger partial charge in [0, 0.05) is 22.9 Å². The first-order valence-corrected chi connectivity index (χ1v) is 8.01. The summed E-state index contributed by atoms with van der Waals surface area (Å²) in [6, 6.07) is 4.29. The number of carboxylic acids is 1. The van der Waals surface area contributed by atoms with Crippen molar-refractivity contribution in [3.05, 3.63) is 28.8 Å². The minimum Gasteiger partial charge on any atom is -0.480 e. The van der Waals surface area contributed by atoms with Crippen LogP contribution in [0.15, 0.2) is 18.2 Å². The van der Waals surface area contributed by atoms with Gasteiger partial charge in [0.1, 0.15) is 6.04 Å². The van der Waals surface area contributed by atoms with E-state index in [0.717, 1.165) is 5.56 Å². The van der Waals surface area contributed by atoms with Crippen molar-refractivity contribution in [2.45, 2.75) is 24.6 Å². The molecule has 1 saturated heterocycles. The third-order valence-corrected chi connectivity index (χ3v) is 5.00. The van der Waals surface area contributed by atoms with Gasteiger partial charge in [-0.25, -0.2) is 4.79 Å². The molecule has 2 amide bonds. The summed E-state index contributed by atoms with van der Waals surface area (Å²) in [6.45, 7) is 1.79. The van der Waals surface area contributed by atoms with E-state index in [1.54, 1.807) is 25.1 Å². The average molecular weight is 343 g/mol. The highest BCUT2D eigenvalue weighted by Gasteiger charge is 2.33. The Balaban J connectivity index is 1.94. The summed E-state index contributed by atoms with van der Waals surface area (Å²) in [4.78, 5) is 34.7. The highest BCUT2D eigenvalue weighted by atomic mass is 35.5. The van der Waals surface area contributed by atoms with Crippen LogP contribution in [0.5, 0.6) is 0 Å². The quantitative estimate of drug-likeness (QED) is 0.773. The molecular formula is C14H15ClN2O4S. The van der Waals surface area contributed by atoms with Crippen molar-refractivity contribution >= 4 is 46.8 Å². The molecule has 0 bridgehead atoms. The van der Waals surface area contributed by atoms with Crippen LogP contribution in [0.25, 0.3) is 0 Å². The lowest BCUT2D eigenvalue weighted by Gasteiger charge is -2.25. The molecule has 1 fully saturated rings. The van der Waals surface area contributed by atoms with Crippen molar-refractivity contribution in [2.75, 3.05) is 11.1 Å². The number of halogens is 1. The van der Waals surface area contributed by atoms with Gasteiger partial charge in [0.15, 0.2) is 0 Å². The lowest BCUT2D eigenvalue weighted by atomic mass is 10.2. The van der Waals surface area contributed by atoms with Crippen LogP contribution in [0.4, 0.5) is 5.69 Å². The van der Waals surface area contributed by atoms with Crippen molar-refractivity contribution in [1.29, 1.82) is 0 Å². The monoisotopic (exact) mass is 342 g/mol. The Kier molecular flexibility index (Phi) is 5.31. The molecule has 118 valence electrons. The van der Waals surface area contributed by atoms with Gasteiger partial charge >= 0.3 is 5.97 Å². The first-order chi connectivity index (χ1) is 10.4. The summed E-state index contributed by atoms with van der Waals surface area (Å²) in [5, 5.41) is 13.9. The summed E-state index contributed by atoms with van der Waals surface area (Å²) in [6.07, 6.45) is -0.0191. The van der Waals surface area contributed by atoms with E-state index in [9.17, 15) is 14.4 Å².